The number of aromatic nitrogens is 4. The van der Waals surface area contributed by atoms with Gasteiger partial charge in [-0.2, -0.15) is 11.3 Å². The molecule has 1 unspecified atom stereocenters. The van der Waals surface area contributed by atoms with Gasteiger partial charge in [0.05, 0.1) is 30.1 Å². The van der Waals surface area contributed by atoms with Crippen LogP contribution in [-0.4, -0.2) is 31.4 Å². The molecular weight excluding hydrogens is 282 g/mol. The second kappa shape index (κ2) is 5.13. The van der Waals surface area contributed by atoms with Crippen molar-refractivity contribution in [2.45, 2.75) is 25.9 Å². The number of aromatic amines is 2. The molecule has 0 radical (unpaired) electrons. The summed E-state index contributed by atoms with van der Waals surface area (Å²) in [6.07, 6.45) is 4.60. The molecule has 5 nitrogen and oxygen atoms in total. The SMILES string of the molecule is Cc1[nH]cnc1CN1CCc2[nH]cnc2C1c1ccsc1. The molecule has 4 heterocycles. The third-order valence-electron chi connectivity index (χ3n) is 4.17. The van der Waals surface area contributed by atoms with Crippen LogP contribution in [-0.2, 0) is 13.0 Å². The van der Waals surface area contributed by atoms with Gasteiger partial charge in [-0.3, -0.25) is 4.90 Å². The number of nitrogens with one attached hydrogen (secondary N) is 2. The smallest absolute Gasteiger partial charge is 0.0926 e. The summed E-state index contributed by atoms with van der Waals surface area (Å²) < 4.78 is 0. The van der Waals surface area contributed by atoms with Gasteiger partial charge in [0.15, 0.2) is 0 Å². The Kier molecular flexibility index (Phi) is 3.12. The average molecular weight is 299 g/mol. The standard InChI is InChI=1S/C15H17N5S/c1-10-13(18-8-16-10)6-20-4-2-12-14(19-9-17-12)15(20)11-3-5-21-7-11/h3,5,7-9,15H,2,4,6H2,1H3,(H,16,18)(H,17,19). The van der Waals surface area contributed by atoms with Gasteiger partial charge in [0.1, 0.15) is 0 Å². The second-order valence-electron chi connectivity index (χ2n) is 5.42. The number of thiophene rings is 1. The van der Waals surface area contributed by atoms with E-state index in [-0.39, 0.29) is 6.04 Å². The lowest BCUT2D eigenvalue weighted by atomic mass is 9.97. The lowest BCUT2D eigenvalue weighted by molar-refractivity contribution is 0.198. The molecule has 0 aromatic carbocycles. The highest BCUT2D eigenvalue weighted by atomic mass is 32.1. The number of rotatable bonds is 3. The molecule has 6 heteroatoms. The maximum Gasteiger partial charge on any atom is 0.0926 e. The molecule has 0 saturated heterocycles. The maximum absolute atomic E-state index is 4.58. The van der Waals surface area contributed by atoms with Gasteiger partial charge in [-0.25, -0.2) is 9.97 Å². The monoisotopic (exact) mass is 299 g/mol. The van der Waals surface area contributed by atoms with E-state index in [4.69, 9.17) is 0 Å². The third-order valence-corrected chi connectivity index (χ3v) is 4.87. The van der Waals surface area contributed by atoms with Crippen molar-refractivity contribution in [3.63, 3.8) is 0 Å². The predicted molar refractivity (Wildman–Crippen MR) is 82.2 cm³/mol. The van der Waals surface area contributed by atoms with Crippen molar-refractivity contribution < 1.29 is 0 Å². The molecule has 0 spiro atoms. The Labute approximate surface area is 127 Å². The van der Waals surface area contributed by atoms with E-state index in [0.717, 1.165) is 36.6 Å². The Morgan fingerprint density at radius 2 is 2.24 bits per heavy atom. The normalized spacial score (nSPS) is 18.8. The van der Waals surface area contributed by atoms with Crippen molar-refractivity contribution in [2.24, 2.45) is 0 Å². The molecule has 0 bridgehead atoms. The van der Waals surface area contributed by atoms with E-state index in [9.17, 15) is 0 Å². The number of H-pyrrole nitrogens is 2. The van der Waals surface area contributed by atoms with Gasteiger partial charge < -0.3 is 9.97 Å². The summed E-state index contributed by atoms with van der Waals surface area (Å²) in [5, 5.41) is 4.35. The summed E-state index contributed by atoms with van der Waals surface area (Å²) in [5.74, 6) is 0. The topological polar surface area (TPSA) is 60.6 Å². The molecule has 4 rings (SSSR count). The lowest BCUT2D eigenvalue weighted by Gasteiger charge is -2.34. The molecule has 1 atom stereocenters. The molecular formula is C15H17N5S. The first-order valence-electron chi connectivity index (χ1n) is 7.10. The van der Waals surface area contributed by atoms with Gasteiger partial charge in [0, 0.05) is 30.9 Å². The van der Waals surface area contributed by atoms with Crippen LogP contribution in [0.15, 0.2) is 29.5 Å². The van der Waals surface area contributed by atoms with Crippen molar-refractivity contribution in [1.29, 1.82) is 0 Å². The fraction of sp³-hybridized carbons (Fsp3) is 0.333. The lowest BCUT2D eigenvalue weighted by Crippen LogP contribution is -2.35. The fourth-order valence-corrected chi connectivity index (χ4v) is 3.71. The zero-order chi connectivity index (χ0) is 14.2. The third kappa shape index (κ3) is 2.20. The highest BCUT2D eigenvalue weighted by Crippen LogP contribution is 2.35. The van der Waals surface area contributed by atoms with Crippen LogP contribution >= 0.6 is 11.3 Å². The van der Waals surface area contributed by atoms with Gasteiger partial charge in [0.25, 0.3) is 0 Å². The first kappa shape index (κ1) is 12.8. The molecule has 1 aliphatic heterocycles. The van der Waals surface area contributed by atoms with Crippen molar-refractivity contribution in [2.75, 3.05) is 6.54 Å². The van der Waals surface area contributed by atoms with Crippen LogP contribution in [0.3, 0.4) is 0 Å². The van der Waals surface area contributed by atoms with Gasteiger partial charge in [0.2, 0.25) is 0 Å². The van der Waals surface area contributed by atoms with E-state index in [1.807, 2.05) is 6.33 Å². The van der Waals surface area contributed by atoms with Gasteiger partial charge in [-0.1, -0.05) is 0 Å². The van der Waals surface area contributed by atoms with Crippen LogP contribution in [0.5, 0.6) is 0 Å². The Hall–Kier alpha value is -1.92. The number of hydrogen-bond donors (Lipinski definition) is 2. The predicted octanol–water partition coefficient (Wildman–Crippen LogP) is 2.65. The minimum atomic E-state index is 0.224. The summed E-state index contributed by atoms with van der Waals surface area (Å²) in [4.78, 5) is 17.9. The molecule has 0 amide bonds. The molecule has 1 aliphatic rings. The van der Waals surface area contributed by atoms with Crippen LogP contribution in [0, 0.1) is 6.92 Å². The van der Waals surface area contributed by atoms with Crippen LogP contribution in [0.1, 0.15) is 34.4 Å². The van der Waals surface area contributed by atoms with Crippen LogP contribution in [0.2, 0.25) is 0 Å². The zero-order valence-electron chi connectivity index (χ0n) is 11.8. The molecule has 0 saturated carbocycles. The summed E-state index contributed by atoms with van der Waals surface area (Å²) in [7, 11) is 0. The van der Waals surface area contributed by atoms with E-state index in [1.165, 1.54) is 11.3 Å². The number of fused-ring (bicyclic) bond motifs is 1. The van der Waals surface area contributed by atoms with Crippen molar-refractivity contribution in [3.8, 4) is 0 Å². The first-order chi connectivity index (χ1) is 10.3. The van der Waals surface area contributed by atoms with Crippen molar-refractivity contribution in [1.82, 2.24) is 24.8 Å². The van der Waals surface area contributed by atoms with E-state index >= 15 is 0 Å². The Balaban J connectivity index is 1.71. The largest absolute Gasteiger partial charge is 0.348 e. The van der Waals surface area contributed by atoms with Crippen molar-refractivity contribution >= 4 is 11.3 Å². The average Bonchev–Trinajstić information content (AvgIpc) is 3.21. The van der Waals surface area contributed by atoms with E-state index in [0.29, 0.717) is 0 Å². The van der Waals surface area contributed by atoms with Gasteiger partial charge >= 0.3 is 0 Å². The summed E-state index contributed by atoms with van der Waals surface area (Å²) in [6, 6.07) is 2.42. The Morgan fingerprint density at radius 3 is 3.00 bits per heavy atom. The highest BCUT2D eigenvalue weighted by Gasteiger charge is 2.31. The molecule has 3 aromatic rings. The minimum Gasteiger partial charge on any atom is -0.348 e. The zero-order valence-corrected chi connectivity index (χ0v) is 12.7. The molecule has 0 aliphatic carbocycles. The molecule has 0 fully saturated rings. The van der Waals surface area contributed by atoms with Gasteiger partial charge in [-0.15, -0.1) is 0 Å². The van der Waals surface area contributed by atoms with Crippen LogP contribution in [0.4, 0.5) is 0 Å². The quantitative estimate of drug-likeness (QED) is 0.781. The summed E-state index contributed by atoms with van der Waals surface area (Å²) in [6.45, 7) is 3.94. The van der Waals surface area contributed by atoms with Crippen molar-refractivity contribution in [3.05, 3.63) is 57.8 Å². The number of aryl methyl sites for hydroxylation is 1. The number of imidazole rings is 2. The number of hydrogen-bond acceptors (Lipinski definition) is 4. The summed E-state index contributed by atoms with van der Waals surface area (Å²) >= 11 is 1.74. The molecule has 108 valence electrons. The highest BCUT2D eigenvalue weighted by molar-refractivity contribution is 7.08. The van der Waals surface area contributed by atoms with Crippen LogP contribution < -0.4 is 0 Å². The fourth-order valence-electron chi connectivity index (χ4n) is 3.03. The number of nitrogens with zero attached hydrogens (tertiary/aromatic N) is 3. The molecule has 21 heavy (non-hydrogen) atoms. The summed E-state index contributed by atoms with van der Waals surface area (Å²) in [5.41, 5.74) is 6.01. The first-order valence-corrected chi connectivity index (χ1v) is 8.04. The van der Waals surface area contributed by atoms with Crippen LogP contribution in [0.25, 0.3) is 0 Å². The second-order valence-corrected chi connectivity index (χ2v) is 6.20. The Bertz CT molecular complexity index is 727. The molecule has 2 N–H and O–H groups in total. The Morgan fingerprint density at radius 1 is 1.33 bits per heavy atom. The van der Waals surface area contributed by atoms with E-state index in [2.05, 4.69) is 48.6 Å². The van der Waals surface area contributed by atoms with Gasteiger partial charge in [-0.05, 0) is 29.3 Å². The van der Waals surface area contributed by atoms with E-state index < -0.39 is 0 Å². The molecule has 3 aromatic heterocycles. The maximum atomic E-state index is 4.58. The minimum absolute atomic E-state index is 0.224. The van der Waals surface area contributed by atoms with E-state index in [1.54, 1.807) is 17.7 Å².